The number of fused-ring (bicyclic) bond motifs is 1. The summed E-state index contributed by atoms with van der Waals surface area (Å²) in [5.41, 5.74) is 8.36. The molecule has 0 amide bonds. The van der Waals surface area contributed by atoms with E-state index in [-0.39, 0.29) is 6.10 Å². The number of nitrogens with zero attached hydrogens (tertiary/aromatic N) is 1. The Balaban J connectivity index is 2.54. The summed E-state index contributed by atoms with van der Waals surface area (Å²) in [7, 11) is 0. The molecule has 0 fully saturated rings. The lowest BCUT2D eigenvalue weighted by Crippen LogP contribution is -2.17. The van der Waals surface area contributed by atoms with Crippen LogP contribution in [-0.2, 0) is 4.74 Å². The number of carbonyl (C=O) groups is 1. The van der Waals surface area contributed by atoms with Gasteiger partial charge in [0, 0.05) is 0 Å². The Morgan fingerprint density at radius 2 is 1.88 bits per heavy atom. The minimum Gasteiger partial charge on any atom is -0.490 e. The smallest absolute Gasteiger partial charge is 0.342 e. The van der Waals surface area contributed by atoms with Gasteiger partial charge in [-0.2, -0.15) is 0 Å². The summed E-state index contributed by atoms with van der Waals surface area (Å²) in [6.07, 6.45) is 4.20. The number of nitrogen functional groups attached to an aromatic ring is 1. The molecule has 1 heterocycles. The van der Waals surface area contributed by atoms with Gasteiger partial charge in [0.25, 0.3) is 0 Å². The molecule has 2 aromatic rings. The van der Waals surface area contributed by atoms with Crippen molar-refractivity contribution in [3.8, 4) is 5.75 Å². The Labute approximate surface area is 149 Å². The normalized spacial score (nSPS) is 11.1. The van der Waals surface area contributed by atoms with Crippen LogP contribution in [0.3, 0.4) is 0 Å². The van der Waals surface area contributed by atoms with Crippen LogP contribution in [-0.4, -0.2) is 23.7 Å². The number of anilines is 1. The van der Waals surface area contributed by atoms with Crippen LogP contribution in [0.25, 0.3) is 10.9 Å². The first kappa shape index (κ1) is 19.0. The molecule has 5 nitrogen and oxygen atoms in total. The molecule has 0 saturated heterocycles. The van der Waals surface area contributed by atoms with E-state index >= 15 is 0 Å². The van der Waals surface area contributed by atoms with Gasteiger partial charge in [-0.1, -0.05) is 32.8 Å². The van der Waals surface area contributed by atoms with Gasteiger partial charge in [-0.3, -0.25) is 4.98 Å². The highest BCUT2D eigenvalue weighted by Crippen LogP contribution is 2.35. The minimum atomic E-state index is -0.444. The maximum Gasteiger partial charge on any atom is 0.342 e. The van der Waals surface area contributed by atoms with E-state index in [0.717, 1.165) is 31.2 Å². The van der Waals surface area contributed by atoms with E-state index in [4.69, 9.17) is 15.2 Å². The largest absolute Gasteiger partial charge is 0.490 e. The fourth-order valence-corrected chi connectivity index (χ4v) is 3.08. The lowest BCUT2D eigenvalue weighted by molar-refractivity contribution is 0.0526. The van der Waals surface area contributed by atoms with Crippen molar-refractivity contribution in [1.29, 1.82) is 0 Å². The van der Waals surface area contributed by atoms with E-state index in [2.05, 4.69) is 18.8 Å². The number of hydrogen-bond donors (Lipinski definition) is 1. The highest BCUT2D eigenvalue weighted by molar-refractivity contribution is 6.07. The third kappa shape index (κ3) is 4.21. The second-order valence-corrected chi connectivity index (χ2v) is 6.17. The van der Waals surface area contributed by atoms with Crippen molar-refractivity contribution in [2.24, 2.45) is 0 Å². The van der Waals surface area contributed by atoms with Crippen LogP contribution in [0.4, 0.5) is 5.69 Å². The number of pyridine rings is 1. The van der Waals surface area contributed by atoms with Gasteiger partial charge in [0.05, 0.1) is 35.0 Å². The lowest BCUT2D eigenvalue weighted by atomic mass is 10.0. The lowest BCUT2D eigenvalue weighted by Gasteiger charge is -2.20. The first-order chi connectivity index (χ1) is 12.0. The van der Waals surface area contributed by atoms with Crippen molar-refractivity contribution in [2.45, 2.75) is 59.5 Å². The fraction of sp³-hybridized carbons (Fsp3) is 0.500. The fourth-order valence-electron chi connectivity index (χ4n) is 3.08. The van der Waals surface area contributed by atoms with Crippen molar-refractivity contribution in [2.75, 3.05) is 12.3 Å². The molecule has 2 N–H and O–H groups in total. The Morgan fingerprint density at radius 1 is 1.20 bits per heavy atom. The van der Waals surface area contributed by atoms with Crippen molar-refractivity contribution in [3.63, 3.8) is 0 Å². The molecule has 0 radical (unpaired) electrons. The monoisotopic (exact) mass is 344 g/mol. The average Bonchev–Trinajstić information content (AvgIpc) is 2.55. The van der Waals surface area contributed by atoms with Crippen LogP contribution in [0.2, 0.25) is 0 Å². The summed E-state index contributed by atoms with van der Waals surface area (Å²) in [5, 5.41) is 0.688. The summed E-state index contributed by atoms with van der Waals surface area (Å²) in [6, 6.07) is 5.68. The predicted octanol–water partition coefficient (Wildman–Crippen LogP) is 4.65. The topological polar surface area (TPSA) is 74.4 Å². The van der Waals surface area contributed by atoms with Crippen molar-refractivity contribution in [3.05, 3.63) is 29.5 Å². The molecule has 136 valence electrons. The molecular formula is C20H28N2O3. The number of carbonyl (C=O) groups excluding carboxylic acids is 1. The van der Waals surface area contributed by atoms with Gasteiger partial charge < -0.3 is 15.2 Å². The van der Waals surface area contributed by atoms with Crippen molar-refractivity contribution in [1.82, 2.24) is 4.98 Å². The second-order valence-electron chi connectivity index (χ2n) is 6.17. The first-order valence-corrected chi connectivity index (χ1v) is 9.05. The Morgan fingerprint density at radius 3 is 2.48 bits per heavy atom. The molecule has 2 rings (SSSR count). The third-order valence-corrected chi connectivity index (χ3v) is 4.19. The number of aryl methyl sites for hydroxylation is 1. The molecule has 1 aromatic carbocycles. The Hall–Kier alpha value is -2.30. The predicted molar refractivity (Wildman–Crippen MR) is 101 cm³/mol. The van der Waals surface area contributed by atoms with Crippen LogP contribution < -0.4 is 10.5 Å². The maximum absolute atomic E-state index is 12.3. The maximum atomic E-state index is 12.3. The number of nitrogens with two attached hydrogens (primary N) is 1. The molecular weight excluding hydrogens is 316 g/mol. The molecule has 0 bridgehead atoms. The highest BCUT2D eigenvalue weighted by Gasteiger charge is 2.21. The average molecular weight is 344 g/mol. The number of ether oxygens (including phenoxy) is 2. The van der Waals surface area contributed by atoms with E-state index < -0.39 is 5.97 Å². The zero-order chi connectivity index (χ0) is 18.4. The minimum absolute atomic E-state index is 0.132. The summed E-state index contributed by atoms with van der Waals surface area (Å²) < 4.78 is 11.4. The molecule has 0 saturated carbocycles. The molecule has 0 aliphatic carbocycles. The summed E-state index contributed by atoms with van der Waals surface area (Å²) in [6.45, 7) is 8.13. The molecule has 0 spiro atoms. The van der Waals surface area contributed by atoms with Crippen molar-refractivity contribution < 1.29 is 14.3 Å². The van der Waals surface area contributed by atoms with Gasteiger partial charge in [-0.25, -0.2) is 4.79 Å². The molecule has 0 unspecified atom stereocenters. The van der Waals surface area contributed by atoms with E-state index in [0.29, 0.717) is 34.7 Å². The van der Waals surface area contributed by atoms with E-state index in [1.165, 1.54) is 0 Å². The number of esters is 1. The molecule has 1 aromatic heterocycles. The molecule has 0 aliphatic heterocycles. The summed E-state index contributed by atoms with van der Waals surface area (Å²) in [5.74, 6) is 0.236. The third-order valence-electron chi connectivity index (χ3n) is 4.19. The second kappa shape index (κ2) is 8.70. The van der Waals surface area contributed by atoms with E-state index in [9.17, 15) is 4.79 Å². The number of aromatic nitrogens is 1. The van der Waals surface area contributed by atoms with Gasteiger partial charge in [-0.05, 0) is 38.8 Å². The van der Waals surface area contributed by atoms with Gasteiger partial charge >= 0.3 is 5.97 Å². The molecule has 5 heteroatoms. The molecule has 25 heavy (non-hydrogen) atoms. The summed E-state index contributed by atoms with van der Waals surface area (Å²) in [4.78, 5) is 16.8. The number of benzene rings is 1. The number of hydrogen-bond acceptors (Lipinski definition) is 5. The van der Waals surface area contributed by atoms with Gasteiger partial charge in [0.2, 0.25) is 0 Å². The van der Waals surface area contributed by atoms with Crippen LogP contribution in [0.1, 0.15) is 62.5 Å². The Kier molecular flexibility index (Phi) is 6.62. The zero-order valence-electron chi connectivity index (χ0n) is 15.6. The van der Waals surface area contributed by atoms with Crippen LogP contribution >= 0.6 is 0 Å². The molecule has 0 atom stereocenters. The van der Waals surface area contributed by atoms with Crippen molar-refractivity contribution >= 4 is 22.6 Å². The van der Waals surface area contributed by atoms with E-state index in [1.54, 1.807) is 13.8 Å². The highest BCUT2D eigenvalue weighted by atomic mass is 16.5. The Bertz CT molecular complexity index is 737. The summed E-state index contributed by atoms with van der Waals surface area (Å²) >= 11 is 0. The van der Waals surface area contributed by atoms with Gasteiger partial charge in [0.15, 0.2) is 0 Å². The number of rotatable bonds is 8. The van der Waals surface area contributed by atoms with E-state index in [1.807, 2.05) is 18.2 Å². The van der Waals surface area contributed by atoms with Crippen LogP contribution in [0.5, 0.6) is 5.75 Å². The van der Waals surface area contributed by atoms with Crippen LogP contribution in [0, 0.1) is 6.92 Å². The first-order valence-electron chi connectivity index (χ1n) is 9.05. The SMILES string of the molecule is CCCC(CCC)Oc1cccc2nc(C)c(C(=O)OCC)c(N)c12. The standard InChI is InChI=1S/C20H28N2O3/c1-5-9-14(10-6-2)25-16-12-8-11-15-18(16)19(21)17(13(4)22-15)20(23)24-7-3/h8,11-12,14H,5-7,9-10H2,1-4H3,(H2,21,22). The van der Waals surface area contributed by atoms with Crippen LogP contribution in [0.15, 0.2) is 18.2 Å². The quantitative estimate of drug-likeness (QED) is 0.706. The van der Waals surface area contributed by atoms with Gasteiger partial charge in [-0.15, -0.1) is 0 Å². The van der Waals surface area contributed by atoms with Gasteiger partial charge in [0.1, 0.15) is 11.3 Å². The zero-order valence-corrected chi connectivity index (χ0v) is 15.6. The molecule has 0 aliphatic rings.